The zero-order valence-electron chi connectivity index (χ0n) is 17.3. The Morgan fingerprint density at radius 1 is 1.29 bits per heavy atom. The molecule has 7 heteroatoms. The van der Waals surface area contributed by atoms with Gasteiger partial charge in [0.05, 0.1) is 12.2 Å². The molecule has 0 saturated carbocycles. The molecule has 0 radical (unpaired) electrons. The van der Waals surface area contributed by atoms with Gasteiger partial charge < -0.3 is 14.2 Å². The molecule has 2 rings (SSSR count). The van der Waals surface area contributed by atoms with Gasteiger partial charge >= 0.3 is 5.97 Å². The molecule has 0 aliphatic rings. The number of carbonyl (C=O) groups is 2. The number of nitrogens with zero attached hydrogens (tertiary/aromatic N) is 3. The molecule has 2 aromatic heterocycles. The van der Waals surface area contributed by atoms with E-state index in [0.29, 0.717) is 12.2 Å². The van der Waals surface area contributed by atoms with Crippen molar-refractivity contribution < 1.29 is 14.3 Å². The molecule has 0 spiro atoms. The molecular weight excluding hydrogens is 374 g/mol. The molecule has 0 atom stereocenters. The van der Waals surface area contributed by atoms with E-state index < -0.39 is 0 Å². The van der Waals surface area contributed by atoms with Crippen molar-refractivity contribution in [1.82, 2.24) is 9.47 Å². The quantitative estimate of drug-likeness (QED) is 0.433. The summed E-state index contributed by atoms with van der Waals surface area (Å²) < 4.78 is 7.24. The lowest BCUT2D eigenvalue weighted by Gasteiger charge is -2.11. The molecular formula is C21H25N3O3S. The average molecular weight is 400 g/mol. The summed E-state index contributed by atoms with van der Waals surface area (Å²) >= 11 is 1.53. The van der Waals surface area contributed by atoms with Crippen LogP contribution >= 0.6 is 11.3 Å². The lowest BCUT2D eigenvalue weighted by atomic mass is 10.1. The Labute approximate surface area is 169 Å². The molecule has 0 bridgehead atoms. The third-order valence-corrected chi connectivity index (χ3v) is 5.77. The topological polar surface area (TPSA) is 75.3 Å². The van der Waals surface area contributed by atoms with Crippen LogP contribution in [0.4, 0.5) is 0 Å². The van der Waals surface area contributed by atoms with Crippen LogP contribution in [0, 0.1) is 39.0 Å². The van der Waals surface area contributed by atoms with Gasteiger partial charge in [0.2, 0.25) is 0 Å². The van der Waals surface area contributed by atoms with Crippen LogP contribution in [-0.4, -0.2) is 42.0 Å². The van der Waals surface area contributed by atoms with Crippen LogP contribution in [0.2, 0.25) is 0 Å². The molecule has 6 nitrogen and oxygen atoms in total. The number of carbonyl (C=O) groups excluding carboxylic acids is 2. The van der Waals surface area contributed by atoms with Gasteiger partial charge in [-0.2, -0.15) is 5.26 Å². The number of ether oxygens (including phenoxy) is 1. The number of hydrogen-bond donors (Lipinski definition) is 0. The van der Waals surface area contributed by atoms with E-state index in [4.69, 9.17) is 4.74 Å². The highest BCUT2D eigenvalue weighted by molar-refractivity contribution is 7.15. The average Bonchev–Trinajstić information content (AvgIpc) is 3.07. The Balaban J connectivity index is 2.66. The van der Waals surface area contributed by atoms with E-state index in [1.165, 1.54) is 16.2 Å². The van der Waals surface area contributed by atoms with Gasteiger partial charge in [0.15, 0.2) is 0 Å². The largest absolute Gasteiger partial charge is 0.462 e. The van der Waals surface area contributed by atoms with Crippen molar-refractivity contribution >= 4 is 29.3 Å². The van der Waals surface area contributed by atoms with E-state index in [9.17, 15) is 14.9 Å². The van der Waals surface area contributed by atoms with Gasteiger partial charge in [0.1, 0.15) is 16.6 Å². The summed E-state index contributed by atoms with van der Waals surface area (Å²) in [6, 6.07) is 3.89. The smallest absolute Gasteiger partial charge is 0.341 e. The SMILES string of the molecule is CCOC(=O)c1c(-n2c(C)cc(/C=C(/C#N)C(=O)N(C)C)c2C)sc(C)c1C. The van der Waals surface area contributed by atoms with Gasteiger partial charge in [0, 0.05) is 30.4 Å². The Morgan fingerprint density at radius 3 is 2.46 bits per heavy atom. The van der Waals surface area contributed by atoms with E-state index in [-0.39, 0.29) is 17.4 Å². The predicted molar refractivity (Wildman–Crippen MR) is 111 cm³/mol. The highest BCUT2D eigenvalue weighted by atomic mass is 32.1. The van der Waals surface area contributed by atoms with E-state index in [2.05, 4.69) is 0 Å². The Hall–Kier alpha value is -2.85. The van der Waals surface area contributed by atoms with E-state index in [1.54, 1.807) is 27.1 Å². The van der Waals surface area contributed by atoms with Crippen LogP contribution in [-0.2, 0) is 9.53 Å². The second-order valence-electron chi connectivity index (χ2n) is 6.72. The second-order valence-corrected chi connectivity index (χ2v) is 7.92. The normalized spacial score (nSPS) is 11.3. The van der Waals surface area contributed by atoms with Gasteiger partial charge in [-0.1, -0.05) is 0 Å². The van der Waals surface area contributed by atoms with Gasteiger partial charge in [-0.15, -0.1) is 11.3 Å². The maximum absolute atomic E-state index is 12.6. The van der Waals surface area contributed by atoms with E-state index in [0.717, 1.165) is 32.4 Å². The Morgan fingerprint density at radius 2 is 1.93 bits per heavy atom. The third-order valence-electron chi connectivity index (χ3n) is 4.58. The summed E-state index contributed by atoms with van der Waals surface area (Å²) in [4.78, 5) is 27.2. The second kappa shape index (κ2) is 8.44. The molecule has 0 N–H and O–H groups in total. The summed E-state index contributed by atoms with van der Waals surface area (Å²) in [5.74, 6) is -0.688. The highest BCUT2D eigenvalue weighted by Crippen LogP contribution is 2.35. The maximum Gasteiger partial charge on any atom is 0.341 e. The number of hydrogen-bond acceptors (Lipinski definition) is 5. The summed E-state index contributed by atoms with van der Waals surface area (Å²) in [6.07, 6.45) is 1.60. The zero-order chi connectivity index (χ0) is 21.2. The number of nitriles is 1. The van der Waals surface area contributed by atoms with Crippen molar-refractivity contribution in [1.29, 1.82) is 5.26 Å². The van der Waals surface area contributed by atoms with Crippen molar-refractivity contribution in [2.45, 2.75) is 34.6 Å². The summed E-state index contributed by atoms with van der Waals surface area (Å²) in [5.41, 5.74) is 4.06. The first kappa shape index (κ1) is 21.5. The van der Waals surface area contributed by atoms with E-state index in [1.807, 2.05) is 44.4 Å². The number of likely N-dealkylation sites (N-methyl/N-ethyl adjacent to an activating group) is 1. The molecule has 0 unspecified atom stereocenters. The van der Waals surface area contributed by atoms with Crippen molar-refractivity contribution in [2.75, 3.05) is 20.7 Å². The molecule has 148 valence electrons. The summed E-state index contributed by atoms with van der Waals surface area (Å²) in [5, 5.41) is 10.2. The molecule has 0 fully saturated rings. The summed E-state index contributed by atoms with van der Waals surface area (Å²) in [6.45, 7) is 9.83. The molecule has 0 aromatic carbocycles. The van der Waals surface area contributed by atoms with Crippen LogP contribution in [0.5, 0.6) is 0 Å². The summed E-state index contributed by atoms with van der Waals surface area (Å²) in [7, 11) is 3.22. The lowest BCUT2D eigenvalue weighted by molar-refractivity contribution is -0.124. The number of rotatable bonds is 5. The standard InChI is InChI=1S/C21H25N3O3S/c1-8-27-21(26)18-13(3)15(5)28-20(18)24-12(2)9-16(14(24)4)10-17(11-22)19(25)23(6)7/h9-10H,8H2,1-7H3/b17-10-. The van der Waals surface area contributed by atoms with Crippen LogP contribution in [0.15, 0.2) is 11.6 Å². The lowest BCUT2D eigenvalue weighted by Crippen LogP contribution is -2.22. The number of thiophene rings is 1. The van der Waals surface area contributed by atoms with Crippen LogP contribution in [0.1, 0.15) is 44.7 Å². The van der Waals surface area contributed by atoms with Crippen molar-refractivity contribution in [3.63, 3.8) is 0 Å². The van der Waals surface area contributed by atoms with Crippen LogP contribution in [0.3, 0.4) is 0 Å². The fourth-order valence-corrected chi connectivity index (χ4v) is 4.25. The van der Waals surface area contributed by atoms with Gasteiger partial charge in [-0.05, 0) is 57.9 Å². The van der Waals surface area contributed by atoms with Crippen molar-refractivity contribution in [2.24, 2.45) is 0 Å². The number of aromatic nitrogens is 1. The first-order valence-electron chi connectivity index (χ1n) is 8.93. The van der Waals surface area contributed by atoms with E-state index >= 15 is 0 Å². The van der Waals surface area contributed by atoms with Crippen molar-refractivity contribution in [3.8, 4) is 11.1 Å². The third kappa shape index (κ3) is 3.87. The minimum Gasteiger partial charge on any atom is -0.462 e. The van der Waals surface area contributed by atoms with Gasteiger partial charge in [-0.25, -0.2) is 4.79 Å². The molecule has 2 aromatic rings. The number of aryl methyl sites for hydroxylation is 2. The minimum absolute atomic E-state index is 0.0643. The molecule has 2 heterocycles. The molecule has 0 aliphatic heterocycles. The van der Waals surface area contributed by atoms with Crippen molar-refractivity contribution in [3.05, 3.63) is 44.6 Å². The molecule has 28 heavy (non-hydrogen) atoms. The number of esters is 1. The van der Waals surface area contributed by atoms with Crippen LogP contribution < -0.4 is 0 Å². The molecule has 0 saturated heterocycles. The maximum atomic E-state index is 12.6. The predicted octanol–water partition coefficient (Wildman–Crippen LogP) is 3.94. The minimum atomic E-state index is -0.345. The highest BCUT2D eigenvalue weighted by Gasteiger charge is 2.24. The first-order chi connectivity index (χ1) is 13.1. The molecule has 0 aliphatic carbocycles. The van der Waals surface area contributed by atoms with Crippen LogP contribution in [0.25, 0.3) is 11.1 Å². The monoisotopic (exact) mass is 399 g/mol. The Kier molecular flexibility index (Phi) is 6.47. The Bertz CT molecular complexity index is 1000. The zero-order valence-corrected chi connectivity index (χ0v) is 18.2. The molecule has 1 amide bonds. The van der Waals surface area contributed by atoms with Gasteiger partial charge in [-0.3, -0.25) is 4.79 Å². The fraction of sp³-hybridized carbons (Fsp3) is 0.381. The fourth-order valence-electron chi connectivity index (χ4n) is 2.99. The first-order valence-corrected chi connectivity index (χ1v) is 9.75. The number of amides is 1. The van der Waals surface area contributed by atoms with Gasteiger partial charge in [0.25, 0.3) is 5.91 Å².